The molecule has 2 aromatic carbocycles. The number of ether oxygens (including phenoxy) is 5. The molecule has 2 heterocycles. The molecule has 1 fully saturated rings. The third-order valence-corrected chi connectivity index (χ3v) is 6.84. The van der Waals surface area contributed by atoms with E-state index in [1.807, 2.05) is 67.9 Å². The lowest BCUT2D eigenvalue weighted by atomic mass is 9.98. The van der Waals surface area contributed by atoms with Gasteiger partial charge in [-0.05, 0) is 56.7 Å². The molecule has 4 N–H and O–H groups in total. The van der Waals surface area contributed by atoms with E-state index in [0.29, 0.717) is 35.8 Å². The number of aromatic nitrogens is 2. The van der Waals surface area contributed by atoms with Crippen LogP contribution in [-0.4, -0.2) is 88.3 Å². The average Bonchev–Trinajstić information content (AvgIpc) is 3.32. The van der Waals surface area contributed by atoms with Crippen LogP contribution >= 0.6 is 0 Å². The summed E-state index contributed by atoms with van der Waals surface area (Å²) in [5, 5.41) is 45.6. The van der Waals surface area contributed by atoms with Crippen molar-refractivity contribution in [1.82, 2.24) is 9.78 Å². The van der Waals surface area contributed by atoms with E-state index in [0.717, 1.165) is 16.8 Å². The zero-order valence-electron chi connectivity index (χ0n) is 23.4. The molecule has 4 rings (SSSR count). The minimum atomic E-state index is -1.58. The summed E-state index contributed by atoms with van der Waals surface area (Å²) in [7, 11) is 3.19. The summed E-state index contributed by atoms with van der Waals surface area (Å²) in [5.41, 5.74) is 3.16. The molecule has 0 spiro atoms. The standard InChI is InChI=1S/C29H38N2O9/c1-6-38-22-14-20(37-5)12-9-18(22)13-21-24(17-7-10-19(36-4)11-8-17)31(16(2)3)30-28(21)40-29-27(35)26(34)25(33)23(15-32)39-29/h7-12,14,16,23,25-27,29,32-35H,6,13,15H2,1-5H3/t23-,25-,26+,27-,29+/m1/s1. The molecule has 218 valence electrons. The Bertz CT molecular complexity index is 1260. The maximum atomic E-state index is 10.7. The molecule has 0 saturated carbocycles. The molecule has 40 heavy (non-hydrogen) atoms. The quantitative estimate of drug-likeness (QED) is 0.277. The first-order valence-electron chi connectivity index (χ1n) is 13.2. The number of methoxy groups -OCH3 is 2. The summed E-state index contributed by atoms with van der Waals surface area (Å²) in [6.07, 6.45) is -6.85. The van der Waals surface area contributed by atoms with Gasteiger partial charge in [-0.2, -0.15) is 0 Å². The van der Waals surface area contributed by atoms with Gasteiger partial charge >= 0.3 is 0 Å². The molecule has 0 unspecified atom stereocenters. The Morgan fingerprint density at radius 1 is 0.950 bits per heavy atom. The van der Waals surface area contributed by atoms with Gasteiger partial charge < -0.3 is 44.1 Å². The Morgan fingerprint density at radius 2 is 1.62 bits per heavy atom. The van der Waals surface area contributed by atoms with Gasteiger partial charge in [0.15, 0.2) is 0 Å². The van der Waals surface area contributed by atoms with Gasteiger partial charge in [-0.25, -0.2) is 0 Å². The second-order valence-corrected chi connectivity index (χ2v) is 9.80. The Balaban J connectivity index is 1.85. The fraction of sp³-hybridized carbons (Fsp3) is 0.483. The van der Waals surface area contributed by atoms with Crippen molar-refractivity contribution in [3.63, 3.8) is 0 Å². The van der Waals surface area contributed by atoms with Crippen LogP contribution in [0.25, 0.3) is 11.3 Å². The van der Waals surface area contributed by atoms with E-state index in [2.05, 4.69) is 0 Å². The van der Waals surface area contributed by atoms with Crippen molar-refractivity contribution >= 4 is 0 Å². The number of benzene rings is 2. The Labute approximate surface area is 233 Å². The Hall–Kier alpha value is -3.35. The van der Waals surface area contributed by atoms with Gasteiger partial charge in [-0.1, -0.05) is 6.07 Å². The monoisotopic (exact) mass is 558 g/mol. The van der Waals surface area contributed by atoms with Crippen LogP contribution in [0, 0.1) is 0 Å². The number of hydrogen-bond donors (Lipinski definition) is 4. The van der Waals surface area contributed by atoms with Crippen LogP contribution in [0.4, 0.5) is 0 Å². The first-order chi connectivity index (χ1) is 19.2. The van der Waals surface area contributed by atoms with Crippen LogP contribution in [-0.2, 0) is 11.2 Å². The molecule has 11 nitrogen and oxygen atoms in total. The summed E-state index contributed by atoms with van der Waals surface area (Å²) in [4.78, 5) is 0. The van der Waals surface area contributed by atoms with E-state index >= 15 is 0 Å². The average molecular weight is 559 g/mol. The highest BCUT2D eigenvalue weighted by molar-refractivity contribution is 5.68. The third kappa shape index (κ3) is 6.03. The van der Waals surface area contributed by atoms with Crippen LogP contribution in [0.1, 0.15) is 37.9 Å². The van der Waals surface area contributed by atoms with Gasteiger partial charge in [0, 0.05) is 29.7 Å². The molecule has 1 aliphatic heterocycles. The highest BCUT2D eigenvalue weighted by Gasteiger charge is 2.45. The van der Waals surface area contributed by atoms with Crippen LogP contribution in [0.5, 0.6) is 23.1 Å². The molecule has 1 aliphatic rings. The fourth-order valence-electron chi connectivity index (χ4n) is 4.69. The number of aliphatic hydroxyl groups excluding tert-OH is 4. The first-order valence-corrected chi connectivity index (χ1v) is 13.2. The molecule has 5 atom stereocenters. The highest BCUT2D eigenvalue weighted by Crippen LogP contribution is 2.39. The molecule has 11 heteroatoms. The number of nitrogens with zero attached hydrogens (tertiary/aromatic N) is 2. The van der Waals surface area contributed by atoms with Crippen LogP contribution in [0.3, 0.4) is 0 Å². The molecule has 0 amide bonds. The van der Waals surface area contributed by atoms with Crippen LogP contribution in [0.2, 0.25) is 0 Å². The largest absolute Gasteiger partial charge is 0.497 e. The normalized spacial score (nSPS) is 22.8. The second kappa shape index (κ2) is 12.9. The van der Waals surface area contributed by atoms with E-state index < -0.39 is 37.3 Å². The zero-order chi connectivity index (χ0) is 29.0. The summed E-state index contributed by atoms with van der Waals surface area (Å²) in [6.45, 7) is 5.75. The van der Waals surface area contributed by atoms with Gasteiger partial charge in [0.25, 0.3) is 0 Å². The van der Waals surface area contributed by atoms with Crippen molar-refractivity contribution in [2.45, 2.75) is 63.9 Å². The van der Waals surface area contributed by atoms with Gasteiger partial charge in [-0.3, -0.25) is 4.68 Å². The zero-order valence-corrected chi connectivity index (χ0v) is 23.4. The van der Waals surface area contributed by atoms with E-state index in [1.165, 1.54) is 0 Å². The number of hydrogen-bond acceptors (Lipinski definition) is 10. The molecular weight excluding hydrogens is 520 g/mol. The number of rotatable bonds is 11. The van der Waals surface area contributed by atoms with Crippen molar-refractivity contribution in [3.8, 4) is 34.4 Å². The van der Waals surface area contributed by atoms with Crippen molar-refractivity contribution < 1.29 is 44.1 Å². The third-order valence-electron chi connectivity index (χ3n) is 6.84. The molecule has 0 aliphatic carbocycles. The van der Waals surface area contributed by atoms with Gasteiger partial charge in [0.2, 0.25) is 12.2 Å². The fourth-order valence-corrected chi connectivity index (χ4v) is 4.69. The van der Waals surface area contributed by atoms with E-state index in [-0.39, 0.29) is 11.9 Å². The smallest absolute Gasteiger partial charge is 0.239 e. The SMILES string of the molecule is CCOc1cc(OC)ccc1Cc1c(O[C@@H]2O[C@H](CO)[C@@H](O)[C@H](O)[C@H]2O)nn(C(C)C)c1-c1ccc(OC)cc1. The lowest BCUT2D eigenvalue weighted by Gasteiger charge is -2.39. The lowest BCUT2D eigenvalue weighted by molar-refractivity contribution is -0.278. The predicted molar refractivity (Wildman–Crippen MR) is 146 cm³/mol. The molecule has 1 saturated heterocycles. The predicted octanol–water partition coefficient (Wildman–Crippen LogP) is 2.32. The van der Waals surface area contributed by atoms with Crippen molar-refractivity contribution in [2.24, 2.45) is 0 Å². The van der Waals surface area contributed by atoms with Crippen molar-refractivity contribution in [3.05, 3.63) is 53.6 Å². The summed E-state index contributed by atoms with van der Waals surface area (Å²) >= 11 is 0. The number of aliphatic hydroxyl groups is 4. The second-order valence-electron chi connectivity index (χ2n) is 9.80. The van der Waals surface area contributed by atoms with Crippen LogP contribution in [0.15, 0.2) is 42.5 Å². The maximum Gasteiger partial charge on any atom is 0.239 e. The van der Waals surface area contributed by atoms with E-state index in [4.69, 9.17) is 28.8 Å². The Kier molecular flexibility index (Phi) is 9.54. The lowest BCUT2D eigenvalue weighted by Crippen LogP contribution is -2.60. The summed E-state index contributed by atoms with van der Waals surface area (Å²) in [5.74, 6) is 2.16. The topological polar surface area (TPSA) is 145 Å². The highest BCUT2D eigenvalue weighted by atomic mass is 16.7. The molecular formula is C29H38N2O9. The van der Waals surface area contributed by atoms with Crippen molar-refractivity contribution in [1.29, 1.82) is 0 Å². The minimum absolute atomic E-state index is 0.0785. The van der Waals surface area contributed by atoms with E-state index in [1.54, 1.807) is 14.2 Å². The molecule has 1 aromatic heterocycles. The van der Waals surface area contributed by atoms with Crippen molar-refractivity contribution in [2.75, 3.05) is 27.4 Å². The van der Waals surface area contributed by atoms with E-state index in [9.17, 15) is 20.4 Å². The van der Waals surface area contributed by atoms with Crippen LogP contribution < -0.4 is 18.9 Å². The summed E-state index contributed by atoms with van der Waals surface area (Å²) < 4.78 is 30.2. The molecule has 3 aromatic rings. The first kappa shape index (κ1) is 29.6. The Morgan fingerprint density at radius 3 is 2.23 bits per heavy atom. The van der Waals surface area contributed by atoms with Gasteiger partial charge in [0.1, 0.15) is 41.7 Å². The van der Waals surface area contributed by atoms with Gasteiger partial charge in [-0.15, -0.1) is 5.10 Å². The molecule has 0 bridgehead atoms. The minimum Gasteiger partial charge on any atom is -0.497 e. The maximum absolute atomic E-state index is 10.7. The van der Waals surface area contributed by atoms with Gasteiger partial charge in [0.05, 0.1) is 33.1 Å². The summed E-state index contributed by atoms with van der Waals surface area (Å²) in [6, 6.07) is 13.0. The molecule has 0 radical (unpaired) electrons.